The number of aryl methyl sites for hydroxylation is 1. The summed E-state index contributed by atoms with van der Waals surface area (Å²) in [6.07, 6.45) is 0. The predicted molar refractivity (Wildman–Crippen MR) is 109 cm³/mol. The molecule has 142 valence electrons. The van der Waals surface area contributed by atoms with Crippen molar-refractivity contribution in [1.82, 2.24) is 14.8 Å². The smallest absolute Gasteiger partial charge is 0.240 e. The number of benzene rings is 2. The molecule has 5 heteroatoms. The molecule has 0 bridgehead atoms. The minimum Gasteiger partial charge on any atom is -0.497 e. The highest BCUT2D eigenvalue weighted by atomic mass is 16.5. The van der Waals surface area contributed by atoms with Crippen LogP contribution < -0.4 is 10.1 Å². The molecule has 27 heavy (non-hydrogen) atoms. The lowest BCUT2D eigenvalue weighted by molar-refractivity contribution is -0.121. The van der Waals surface area contributed by atoms with Crippen LogP contribution in [-0.4, -0.2) is 43.1 Å². The number of para-hydroxylation sites is 1. The first kappa shape index (κ1) is 19.0. The lowest BCUT2D eigenvalue weighted by Crippen LogP contribution is -2.36. The van der Waals surface area contributed by atoms with Crippen LogP contribution in [0.25, 0.3) is 10.9 Å². The van der Waals surface area contributed by atoms with E-state index in [0.717, 1.165) is 27.9 Å². The zero-order valence-corrected chi connectivity index (χ0v) is 16.4. The molecule has 0 saturated heterocycles. The molecule has 2 aromatic carbocycles. The van der Waals surface area contributed by atoms with Gasteiger partial charge >= 0.3 is 0 Å². The van der Waals surface area contributed by atoms with E-state index in [1.165, 1.54) is 0 Å². The molecule has 0 aliphatic heterocycles. The number of likely N-dealkylation sites (N-methyl/N-ethyl adjacent to an activating group) is 1. The third-order valence-corrected chi connectivity index (χ3v) is 4.94. The number of fused-ring (bicyclic) bond motifs is 1. The molecule has 1 aromatic heterocycles. The number of amides is 1. The first-order valence-corrected chi connectivity index (χ1v) is 9.11. The Labute approximate surface area is 160 Å². The van der Waals surface area contributed by atoms with E-state index in [2.05, 4.69) is 33.0 Å². The van der Waals surface area contributed by atoms with E-state index in [-0.39, 0.29) is 11.9 Å². The normalized spacial score (nSPS) is 12.3. The maximum Gasteiger partial charge on any atom is 0.240 e. The van der Waals surface area contributed by atoms with E-state index >= 15 is 0 Å². The van der Waals surface area contributed by atoms with Crippen molar-refractivity contribution in [2.24, 2.45) is 0 Å². The first-order valence-electron chi connectivity index (χ1n) is 9.11. The van der Waals surface area contributed by atoms with Gasteiger partial charge in [0, 0.05) is 17.8 Å². The summed E-state index contributed by atoms with van der Waals surface area (Å²) in [5, 5.41) is 4.25. The van der Waals surface area contributed by atoms with Gasteiger partial charge in [-0.05, 0) is 56.2 Å². The van der Waals surface area contributed by atoms with Crippen molar-refractivity contribution in [1.29, 1.82) is 0 Å². The SMILES string of the molecule is COc1ccc([C@@H](CNC(=O)Cn2c(C)cc3ccccc32)N(C)C)cc1. The van der Waals surface area contributed by atoms with Gasteiger partial charge in [0.05, 0.1) is 13.2 Å². The van der Waals surface area contributed by atoms with E-state index in [0.29, 0.717) is 13.1 Å². The molecule has 0 aliphatic carbocycles. The van der Waals surface area contributed by atoms with Gasteiger partial charge in [0.25, 0.3) is 0 Å². The van der Waals surface area contributed by atoms with Gasteiger partial charge in [-0.15, -0.1) is 0 Å². The van der Waals surface area contributed by atoms with Gasteiger partial charge in [0.15, 0.2) is 0 Å². The van der Waals surface area contributed by atoms with Crippen LogP contribution >= 0.6 is 0 Å². The maximum absolute atomic E-state index is 12.6. The lowest BCUT2D eigenvalue weighted by Gasteiger charge is -2.25. The minimum atomic E-state index is 0.0137. The Morgan fingerprint density at radius 2 is 1.85 bits per heavy atom. The predicted octanol–water partition coefficient (Wildman–Crippen LogP) is 3.38. The molecule has 3 rings (SSSR count). The van der Waals surface area contributed by atoms with Crippen molar-refractivity contribution in [3.8, 4) is 5.75 Å². The molecule has 0 fully saturated rings. The number of rotatable bonds is 7. The molecule has 1 N–H and O–H groups in total. The van der Waals surface area contributed by atoms with Gasteiger partial charge < -0.3 is 19.5 Å². The average molecular weight is 365 g/mol. The number of aromatic nitrogens is 1. The molecule has 0 radical (unpaired) electrons. The van der Waals surface area contributed by atoms with Crippen molar-refractivity contribution in [3.05, 3.63) is 65.9 Å². The number of hydrogen-bond donors (Lipinski definition) is 1. The third-order valence-electron chi connectivity index (χ3n) is 4.94. The fourth-order valence-corrected chi connectivity index (χ4v) is 3.39. The molecular formula is C22H27N3O2. The number of methoxy groups -OCH3 is 1. The Balaban J connectivity index is 1.68. The lowest BCUT2D eigenvalue weighted by atomic mass is 10.1. The molecule has 5 nitrogen and oxygen atoms in total. The molecule has 3 aromatic rings. The number of carbonyl (C=O) groups is 1. The van der Waals surface area contributed by atoms with Crippen LogP contribution in [0.2, 0.25) is 0 Å². The number of ether oxygens (including phenoxy) is 1. The molecule has 0 aliphatic rings. The summed E-state index contributed by atoms with van der Waals surface area (Å²) in [5.41, 5.74) is 3.32. The van der Waals surface area contributed by atoms with Crippen LogP contribution in [0.3, 0.4) is 0 Å². The van der Waals surface area contributed by atoms with Crippen LogP contribution in [0.1, 0.15) is 17.3 Å². The largest absolute Gasteiger partial charge is 0.497 e. The molecule has 1 amide bonds. The third kappa shape index (κ3) is 4.31. The van der Waals surface area contributed by atoms with E-state index in [4.69, 9.17) is 4.74 Å². The fourth-order valence-electron chi connectivity index (χ4n) is 3.39. The summed E-state index contributed by atoms with van der Waals surface area (Å²) in [5.74, 6) is 0.843. The van der Waals surface area contributed by atoms with Crippen LogP contribution in [0.5, 0.6) is 5.75 Å². The van der Waals surface area contributed by atoms with Crippen molar-refractivity contribution in [2.75, 3.05) is 27.7 Å². The Morgan fingerprint density at radius 1 is 1.15 bits per heavy atom. The van der Waals surface area contributed by atoms with E-state index < -0.39 is 0 Å². The summed E-state index contributed by atoms with van der Waals surface area (Å²) in [6.45, 7) is 2.91. The minimum absolute atomic E-state index is 0.0137. The molecule has 1 atom stereocenters. The van der Waals surface area contributed by atoms with Crippen LogP contribution in [0, 0.1) is 6.92 Å². The molecule has 0 spiro atoms. The zero-order chi connectivity index (χ0) is 19.4. The van der Waals surface area contributed by atoms with Gasteiger partial charge in [-0.25, -0.2) is 0 Å². The van der Waals surface area contributed by atoms with Crippen molar-refractivity contribution in [2.45, 2.75) is 19.5 Å². The number of nitrogens with one attached hydrogen (secondary N) is 1. The van der Waals surface area contributed by atoms with Crippen LogP contribution in [0.4, 0.5) is 0 Å². The average Bonchev–Trinajstić information content (AvgIpc) is 2.97. The van der Waals surface area contributed by atoms with E-state index in [1.807, 2.05) is 57.4 Å². The Bertz CT molecular complexity index is 913. The molecular weight excluding hydrogens is 338 g/mol. The highest BCUT2D eigenvalue weighted by Gasteiger charge is 2.16. The van der Waals surface area contributed by atoms with Crippen molar-refractivity contribution >= 4 is 16.8 Å². The Kier molecular flexibility index (Phi) is 5.81. The summed E-state index contributed by atoms with van der Waals surface area (Å²) < 4.78 is 7.28. The van der Waals surface area contributed by atoms with Crippen LogP contribution in [0.15, 0.2) is 54.6 Å². The summed E-state index contributed by atoms with van der Waals surface area (Å²) >= 11 is 0. The Hall–Kier alpha value is -2.79. The second-order valence-electron chi connectivity index (χ2n) is 6.99. The second kappa shape index (κ2) is 8.27. The fraction of sp³-hybridized carbons (Fsp3) is 0.318. The zero-order valence-electron chi connectivity index (χ0n) is 16.4. The van der Waals surface area contributed by atoms with E-state index in [9.17, 15) is 4.79 Å². The number of carbonyl (C=O) groups excluding carboxylic acids is 1. The standard InChI is InChI=1S/C22H27N3O2/c1-16-13-18-7-5-6-8-20(18)25(16)15-22(26)23-14-21(24(2)3)17-9-11-19(27-4)12-10-17/h5-13,21H,14-15H2,1-4H3,(H,23,26)/t21-/m1/s1. The second-order valence-corrected chi connectivity index (χ2v) is 6.99. The van der Waals surface area contributed by atoms with E-state index in [1.54, 1.807) is 7.11 Å². The summed E-state index contributed by atoms with van der Waals surface area (Å²) in [6, 6.07) is 18.3. The van der Waals surface area contributed by atoms with Gasteiger partial charge in [-0.3, -0.25) is 4.79 Å². The number of hydrogen-bond acceptors (Lipinski definition) is 3. The first-order chi connectivity index (χ1) is 13.0. The van der Waals surface area contributed by atoms with Gasteiger partial charge in [-0.2, -0.15) is 0 Å². The Morgan fingerprint density at radius 3 is 2.52 bits per heavy atom. The highest BCUT2D eigenvalue weighted by Crippen LogP contribution is 2.21. The number of nitrogens with zero attached hydrogens (tertiary/aromatic N) is 2. The van der Waals surface area contributed by atoms with Crippen LogP contribution in [-0.2, 0) is 11.3 Å². The van der Waals surface area contributed by atoms with Gasteiger partial charge in [0.1, 0.15) is 12.3 Å². The summed E-state index contributed by atoms with van der Waals surface area (Å²) in [4.78, 5) is 14.7. The monoisotopic (exact) mass is 365 g/mol. The summed E-state index contributed by atoms with van der Waals surface area (Å²) in [7, 11) is 5.70. The van der Waals surface area contributed by atoms with Crippen molar-refractivity contribution in [3.63, 3.8) is 0 Å². The topological polar surface area (TPSA) is 46.5 Å². The molecule has 0 unspecified atom stereocenters. The van der Waals surface area contributed by atoms with Crippen molar-refractivity contribution < 1.29 is 9.53 Å². The molecule has 0 saturated carbocycles. The quantitative estimate of drug-likeness (QED) is 0.698. The highest BCUT2D eigenvalue weighted by molar-refractivity contribution is 5.84. The van der Waals surface area contributed by atoms with Gasteiger partial charge in [0.2, 0.25) is 5.91 Å². The molecule has 1 heterocycles. The van der Waals surface area contributed by atoms with Gasteiger partial charge in [-0.1, -0.05) is 30.3 Å². The maximum atomic E-state index is 12.6.